The van der Waals surface area contributed by atoms with Crippen LogP contribution in [-0.2, 0) is 9.53 Å². The lowest BCUT2D eigenvalue weighted by atomic mass is 9.91. The summed E-state index contributed by atoms with van der Waals surface area (Å²) < 4.78 is 5.89. The molecule has 0 rings (SSSR count). The Balaban J connectivity index is 4.53. The normalized spacial score (nSPS) is 18.4. The second-order valence-electron chi connectivity index (χ2n) is 5.86. The third-order valence-corrected chi connectivity index (χ3v) is 3.44. The Bertz CT molecular complexity index is 246. The van der Waals surface area contributed by atoms with Gasteiger partial charge in [0.2, 0.25) is 0 Å². The van der Waals surface area contributed by atoms with Gasteiger partial charge in [-0.3, -0.25) is 4.79 Å². The lowest BCUT2D eigenvalue weighted by Gasteiger charge is -2.26. The highest BCUT2D eigenvalue weighted by molar-refractivity contribution is 5.86. The maximum absolute atomic E-state index is 12.0. The Morgan fingerprint density at radius 2 is 1.83 bits per heavy atom. The average Bonchev–Trinajstić information content (AvgIpc) is 2.27. The van der Waals surface area contributed by atoms with Gasteiger partial charge in [-0.15, -0.1) is 0 Å². The van der Waals surface area contributed by atoms with Gasteiger partial charge in [0, 0.05) is 6.42 Å². The predicted molar refractivity (Wildman–Crippen MR) is 74.6 cm³/mol. The molecular weight excluding hydrogens is 228 g/mol. The molecule has 0 heterocycles. The maximum Gasteiger partial charge on any atom is 0.166 e. The lowest BCUT2D eigenvalue weighted by molar-refractivity contribution is -0.140. The van der Waals surface area contributed by atoms with E-state index in [1.165, 1.54) is 0 Å². The average molecular weight is 258 g/mol. The second kappa shape index (κ2) is 7.90. The van der Waals surface area contributed by atoms with E-state index in [4.69, 9.17) is 4.74 Å². The zero-order chi connectivity index (χ0) is 14.3. The van der Waals surface area contributed by atoms with E-state index in [1.54, 1.807) is 6.92 Å². The summed E-state index contributed by atoms with van der Waals surface area (Å²) in [6.07, 6.45) is 2.63. The molecule has 3 atom stereocenters. The van der Waals surface area contributed by atoms with Crippen LogP contribution in [0.3, 0.4) is 0 Å². The Kier molecular flexibility index (Phi) is 7.72. The van der Waals surface area contributed by atoms with Crippen molar-refractivity contribution in [3.05, 3.63) is 0 Å². The molecule has 0 aromatic rings. The lowest BCUT2D eigenvalue weighted by Crippen LogP contribution is -2.38. The van der Waals surface area contributed by atoms with Crippen molar-refractivity contribution in [2.24, 2.45) is 5.92 Å². The fourth-order valence-corrected chi connectivity index (χ4v) is 1.76. The molecule has 108 valence electrons. The van der Waals surface area contributed by atoms with E-state index in [2.05, 4.69) is 20.8 Å². The van der Waals surface area contributed by atoms with Gasteiger partial charge in [-0.25, -0.2) is 0 Å². The van der Waals surface area contributed by atoms with Crippen LogP contribution < -0.4 is 0 Å². The molecule has 0 radical (unpaired) electrons. The van der Waals surface area contributed by atoms with Gasteiger partial charge in [-0.2, -0.15) is 0 Å². The Labute approximate surface area is 112 Å². The zero-order valence-electron chi connectivity index (χ0n) is 12.8. The van der Waals surface area contributed by atoms with Crippen LogP contribution in [0.2, 0.25) is 0 Å². The molecule has 0 amide bonds. The van der Waals surface area contributed by atoms with Crippen LogP contribution >= 0.6 is 0 Å². The van der Waals surface area contributed by atoms with Gasteiger partial charge in [0.05, 0.1) is 12.2 Å². The van der Waals surface area contributed by atoms with Crippen LogP contribution in [-0.4, -0.2) is 28.7 Å². The van der Waals surface area contributed by atoms with Gasteiger partial charge in [0.15, 0.2) is 5.78 Å². The standard InChI is InChI=1S/C15H30O3/c1-7-12(5)18-13(9-11(3)4)10-14(16)15(6,17)8-2/h11-13,17H,7-10H2,1-6H3. The summed E-state index contributed by atoms with van der Waals surface area (Å²) in [6, 6.07) is 0. The molecule has 3 nitrogen and oxygen atoms in total. The number of aliphatic hydroxyl groups is 1. The Morgan fingerprint density at radius 3 is 2.22 bits per heavy atom. The highest BCUT2D eigenvalue weighted by Gasteiger charge is 2.30. The highest BCUT2D eigenvalue weighted by atomic mass is 16.5. The monoisotopic (exact) mass is 258 g/mol. The SMILES string of the molecule is CCC(C)OC(CC(=O)C(C)(O)CC)CC(C)C. The summed E-state index contributed by atoms with van der Waals surface area (Å²) in [4.78, 5) is 12.0. The molecule has 3 unspecified atom stereocenters. The summed E-state index contributed by atoms with van der Waals surface area (Å²) in [5.41, 5.74) is -1.21. The van der Waals surface area contributed by atoms with E-state index < -0.39 is 5.60 Å². The first kappa shape index (κ1) is 17.6. The first-order valence-corrected chi connectivity index (χ1v) is 7.14. The molecule has 0 aliphatic rings. The summed E-state index contributed by atoms with van der Waals surface area (Å²) in [5, 5.41) is 9.96. The van der Waals surface area contributed by atoms with Gasteiger partial charge in [0.25, 0.3) is 0 Å². The van der Waals surface area contributed by atoms with E-state index in [1.807, 2.05) is 13.8 Å². The number of carbonyl (C=O) groups is 1. The molecule has 3 heteroatoms. The summed E-state index contributed by atoms with van der Waals surface area (Å²) in [6.45, 7) is 11.7. The van der Waals surface area contributed by atoms with Crippen molar-refractivity contribution >= 4 is 5.78 Å². The molecule has 0 aliphatic heterocycles. The van der Waals surface area contributed by atoms with Crippen molar-refractivity contribution < 1.29 is 14.6 Å². The maximum atomic E-state index is 12.0. The topological polar surface area (TPSA) is 46.5 Å². The minimum Gasteiger partial charge on any atom is -0.382 e. The van der Waals surface area contributed by atoms with Gasteiger partial charge in [-0.05, 0) is 39.0 Å². The van der Waals surface area contributed by atoms with E-state index in [-0.39, 0.29) is 18.0 Å². The first-order chi connectivity index (χ1) is 8.22. The fourth-order valence-electron chi connectivity index (χ4n) is 1.76. The minimum atomic E-state index is -1.21. The molecule has 0 fully saturated rings. The number of Topliss-reactive ketones (excluding diaryl/α,β-unsaturated/α-hetero) is 1. The summed E-state index contributed by atoms with van der Waals surface area (Å²) in [7, 11) is 0. The number of carbonyl (C=O) groups excluding carboxylic acids is 1. The second-order valence-corrected chi connectivity index (χ2v) is 5.86. The van der Waals surface area contributed by atoms with E-state index in [0.717, 1.165) is 12.8 Å². The van der Waals surface area contributed by atoms with Crippen LogP contribution in [0.25, 0.3) is 0 Å². The number of hydrogen-bond donors (Lipinski definition) is 1. The van der Waals surface area contributed by atoms with Gasteiger partial charge in [-0.1, -0.05) is 27.7 Å². The molecule has 0 saturated carbocycles. The van der Waals surface area contributed by atoms with Crippen LogP contribution in [0.15, 0.2) is 0 Å². The van der Waals surface area contributed by atoms with E-state index in [9.17, 15) is 9.90 Å². The zero-order valence-corrected chi connectivity index (χ0v) is 12.8. The molecule has 0 aromatic carbocycles. The third-order valence-electron chi connectivity index (χ3n) is 3.44. The van der Waals surface area contributed by atoms with Crippen LogP contribution in [0.5, 0.6) is 0 Å². The predicted octanol–water partition coefficient (Wildman–Crippen LogP) is 3.34. The van der Waals surface area contributed by atoms with Crippen LogP contribution in [0.4, 0.5) is 0 Å². The first-order valence-electron chi connectivity index (χ1n) is 7.14. The smallest absolute Gasteiger partial charge is 0.166 e. The highest BCUT2D eigenvalue weighted by Crippen LogP contribution is 2.20. The van der Waals surface area contributed by atoms with Crippen molar-refractivity contribution in [1.82, 2.24) is 0 Å². The van der Waals surface area contributed by atoms with E-state index >= 15 is 0 Å². The summed E-state index contributed by atoms with van der Waals surface area (Å²) in [5.74, 6) is 0.373. The molecule has 0 aliphatic carbocycles. The molecule has 0 spiro atoms. The third kappa shape index (κ3) is 6.50. The number of rotatable bonds is 9. The largest absolute Gasteiger partial charge is 0.382 e. The van der Waals surface area contributed by atoms with Gasteiger partial charge in [0.1, 0.15) is 5.60 Å². The number of hydrogen-bond acceptors (Lipinski definition) is 3. The fraction of sp³-hybridized carbons (Fsp3) is 0.933. The van der Waals surface area contributed by atoms with Crippen molar-refractivity contribution in [1.29, 1.82) is 0 Å². The van der Waals surface area contributed by atoms with Gasteiger partial charge >= 0.3 is 0 Å². The minimum absolute atomic E-state index is 0.0783. The van der Waals surface area contributed by atoms with Crippen molar-refractivity contribution in [3.63, 3.8) is 0 Å². The summed E-state index contributed by atoms with van der Waals surface area (Å²) >= 11 is 0. The van der Waals surface area contributed by atoms with Crippen molar-refractivity contribution in [3.8, 4) is 0 Å². The molecular formula is C15H30O3. The van der Waals surface area contributed by atoms with Crippen molar-refractivity contribution in [2.75, 3.05) is 0 Å². The Morgan fingerprint density at radius 1 is 1.28 bits per heavy atom. The molecule has 0 bridgehead atoms. The Hall–Kier alpha value is -0.410. The van der Waals surface area contributed by atoms with Crippen LogP contribution in [0.1, 0.15) is 67.2 Å². The number of ketones is 1. The van der Waals surface area contributed by atoms with E-state index in [0.29, 0.717) is 18.8 Å². The quantitative estimate of drug-likeness (QED) is 0.690. The molecule has 1 N–H and O–H groups in total. The van der Waals surface area contributed by atoms with Crippen LogP contribution in [0, 0.1) is 5.92 Å². The van der Waals surface area contributed by atoms with Gasteiger partial charge < -0.3 is 9.84 Å². The van der Waals surface area contributed by atoms with Crippen molar-refractivity contribution in [2.45, 2.75) is 85.0 Å². The molecule has 18 heavy (non-hydrogen) atoms. The molecule has 0 saturated heterocycles. The number of ether oxygens (including phenoxy) is 1. The molecule has 0 aromatic heterocycles.